The van der Waals surface area contributed by atoms with Crippen molar-refractivity contribution in [2.45, 2.75) is 38.6 Å². The van der Waals surface area contributed by atoms with Gasteiger partial charge in [-0.3, -0.25) is 0 Å². The van der Waals surface area contributed by atoms with Gasteiger partial charge in [0.15, 0.2) is 0 Å². The maximum atomic E-state index is 9.03. The molecule has 2 atom stereocenters. The minimum absolute atomic E-state index is 0.103. The van der Waals surface area contributed by atoms with Crippen molar-refractivity contribution >= 4 is 10.9 Å². The summed E-state index contributed by atoms with van der Waals surface area (Å²) in [5.41, 5.74) is 3.07. The van der Waals surface area contributed by atoms with Gasteiger partial charge in [0.2, 0.25) is 0 Å². The summed E-state index contributed by atoms with van der Waals surface area (Å²) in [7, 11) is 0. The number of aryl methyl sites for hydroxylation is 1. The van der Waals surface area contributed by atoms with Gasteiger partial charge in [-0.2, -0.15) is 5.26 Å². The van der Waals surface area contributed by atoms with Gasteiger partial charge in [-0.15, -0.1) is 0 Å². The van der Waals surface area contributed by atoms with E-state index in [9.17, 15) is 0 Å². The van der Waals surface area contributed by atoms with Crippen molar-refractivity contribution in [3.8, 4) is 11.8 Å². The first-order valence-corrected chi connectivity index (χ1v) is 6.69. The lowest BCUT2D eigenvalue weighted by atomic mass is 9.93. The molecule has 0 spiro atoms. The van der Waals surface area contributed by atoms with Crippen LogP contribution in [0.15, 0.2) is 18.2 Å². The monoisotopic (exact) mass is 266 g/mol. The second kappa shape index (κ2) is 3.50. The number of hydrogen-bond donors (Lipinski definition) is 0. The largest absolute Gasteiger partial charge is 0.485 e. The van der Waals surface area contributed by atoms with E-state index < -0.39 is 0 Å². The number of nitrogens with zero attached hydrogens (tertiary/aromatic N) is 2. The highest BCUT2D eigenvalue weighted by Gasteiger charge is 2.56. The molecule has 2 aromatic rings. The molecule has 3 heterocycles. The van der Waals surface area contributed by atoms with Crippen LogP contribution >= 0.6 is 0 Å². The second-order valence-corrected chi connectivity index (χ2v) is 6.03. The molecule has 4 rings (SSSR count). The van der Waals surface area contributed by atoms with Crippen LogP contribution in [0.5, 0.6) is 5.75 Å². The molecule has 0 saturated carbocycles. The Hall–Kier alpha value is -2.12. The number of ether oxygens (including phenoxy) is 2. The van der Waals surface area contributed by atoms with E-state index in [1.165, 1.54) is 0 Å². The van der Waals surface area contributed by atoms with Crippen molar-refractivity contribution in [2.24, 2.45) is 0 Å². The van der Waals surface area contributed by atoms with E-state index in [1.807, 2.05) is 19.1 Å². The third kappa shape index (κ3) is 1.47. The number of rotatable bonds is 0. The van der Waals surface area contributed by atoms with Gasteiger partial charge in [0.25, 0.3) is 0 Å². The lowest BCUT2D eigenvalue weighted by molar-refractivity contribution is 0.0727. The standard InChI is InChI=1S/C16H14N2O2/c1-8-4-9(7-17)18-12-5-11-13(6-10(8)12)20-16(2,3)15-14(11)19-15/h4-6,14-15H,1-3H3. The zero-order chi connectivity index (χ0) is 14.1. The summed E-state index contributed by atoms with van der Waals surface area (Å²) in [6, 6.07) is 7.93. The Bertz CT molecular complexity index is 789. The Morgan fingerprint density at radius 2 is 2.10 bits per heavy atom. The van der Waals surface area contributed by atoms with Crippen molar-refractivity contribution in [1.82, 2.24) is 4.98 Å². The molecule has 1 aromatic heterocycles. The van der Waals surface area contributed by atoms with E-state index in [2.05, 4.69) is 24.9 Å². The first-order valence-electron chi connectivity index (χ1n) is 6.69. The van der Waals surface area contributed by atoms with Gasteiger partial charge >= 0.3 is 0 Å². The molecule has 4 nitrogen and oxygen atoms in total. The maximum Gasteiger partial charge on any atom is 0.141 e. The highest BCUT2D eigenvalue weighted by atomic mass is 16.6. The Morgan fingerprint density at radius 1 is 1.30 bits per heavy atom. The molecule has 2 unspecified atom stereocenters. The predicted molar refractivity (Wildman–Crippen MR) is 73.5 cm³/mol. The van der Waals surface area contributed by atoms with Crippen LogP contribution in [-0.2, 0) is 4.74 Å². The van der Waals surface area contributed by atoms with Crippen molar-refractivity contribution in [2.75, 3.05) is 0 Å². The third-order valence-electron chi connectivity index (χ3n) is 4.12. The molecule has 0 N–H and O–H groups in total. The highest BCUT2D eigenvalue weighted by molar-refractivity contribution is 5.85. The molecule has 100 valence electrons. The van der Waals surface area contributed by atoms with E-state index in [1.54, 1.807) is 6.07 Å². The Balaban J connectivity index is 1.97. The molecule has 0 amide bonds. The number of hydrogen-bond acceptors (Lipinski definition) is 4. The van der Waals surface area contributed by atoms with E-state index in [-0.39, 0.29) is 17.8 Å². The van der Waals surface area contributed by atoms with Crippen LogP contribution in [0, 0.1) is 18.3 Å². The number of pyridine rings is 1. The summed E-state index contributed by atoms with van der Waals surface area (Å²) < 4.78 is 11.8. The van der Waals surface area contributed by atoms with E-state index >= 15 is 0 Å². The summed E-state index contributed by atoms with van der Waals surface area (Å²) >= 11 is 0. The van der Waals surface area contributed by atoms with Gasteiger partial charge in [-0.1, -0.05) is 0 Å². The summed E-state index contributed by atoms with van der Waals surface area (Å²) in [4.78, 5) is 4.38. The molecule has 0 bridgehead atoms. The molecule has 2 aliphatic heterocycles. The first kappa shape index (κ1) is 11.7. The van der Waals surface area contributed by atoms with Gasteiger partial charge in [-0.25, -0.2) is 4.98 Å². The summed E-state index contributed by atoms with van der Waals surface area (Å²) in [6.45, 7) is 6.09. The minimum atomic E-state index is -0.292. The lowest BCUT2D eigenvalue weighted by Crippen LogP contribution is -2.37. The molecule has 20 heavy (non-hydrogen) atoms. The third-order valence-corrected chi connectivity index (χ3v) is 4.12. The smallest absolute Gasteiger partial charge is 0.141 e. The first-order chi connectivity index (χ1) is 9.49. The van der Waals surface area contributed by atoms with Crippen LogP contribution in [0.2, 0.25) is 0 Å². The normalized spacial score (nSPS) is 25.3. The minimum Gasteiger partial charge on any atom is -0.485 e. The zero-order valence-corrected chi connectivity index (χ0v) is 11.6. The molecule has 4 heteroatoms. The van der Waals surface area contributed by atoms with E-state index in [4.69, 9.17) is 14.7 Å². The van der Waals surface area contributed by atoms with Crippen molar-refractivity contribution in [3.63, 3.8) is 0 Å². The van der Waals surface area contributed by atoms with Gasteiger partial charge in [0.05, 0.1) is 5.52 Å². The average molecular weight is 266 g/mol. The maximum absolute atomic E-state index is 9.03. The van der Waals surface area contributed by atoms with Crippen LogP contribution in [0.4, 0.5) is 0 Å². The van der Waals surface area contributed by atoms with Crippen LogP contribution in [0.3, 0.4) is 0 Å². The quantitative estimate of drug-likeness (QED) is 0.688. The highest BCUT2D eigenvalue weighted by Crippen LogP contribution is 2.54. The van der Waals surface area contributed by atoms with Crippen LogP contribution in [0.1, 0.15) is 36.8 Å². The molecule has 1 aromatic carbocycles. The number of aromatic nitrogens is 1. The van der Waals surface area contributed by atoms with E-state index in [0.717, 1.165) is 27.8 Å². The summed E-state index contributed by atoms with van der Waals surface area (Å²) in [5.74, 6) is 0.871. The summed E-state index contributed by atoms with van der Waals surface area (Å²) in [6.07, 6.45) is 0.221. The number of benzene rings is 1. The number of nitriles is 1. The number of fused-ring (bicyclic) bond motifs is 4. The molecule has 0 radical (unpaired) electrons. The van der Waals surface area contributed by atoms with Crippen LogP contribution < -0.4 is 4.74 Å². The second-order valence-electron chi connectivity index (χ2n) is 6.03. The molecule has 0 aliphatic carbocycles. The fourth-order valence-corrected chi connectivity index (χ4v) is 3.02. The van der Waals surface area contributed by atoms with Gasteiger partial charge in [0, 0.05) is 10.9 Å². The van der Waals surface area contributed by atoms with Gasteiger partial charge in [0.1, 0.15) is 35.3 Å². The summed E-state index contributed by atoms with van der Waals surface area (Å²) in [5, 5.41) is 10.1. The Labute approximate surface area is 116 Å². The SMILES string of the molecule is Cc1cc(C#N)nc2cc3c(cc12)OC(C)(C)C1OC31. The lowest BCUT2D eigenvalue weighted by Gasteiger charge is -2.29. The Morgan fingerprint density at radius 3 is 2.85 bits per heavy atom. The van der Waals surface area contributed by atoms with Crippen molar-refractivity contribution < 1.29 is 9.47 Å². The zero-order valence-electron chi connectivity index (χ0n) is 11.6. The molecule has 1 fully saturated rings. The molecule has 1 saturated heterocycles. The van der Waals surface area contributed by atoms with Crippen molar-refractivity contribution in [3.05, 3.63) is 35.0 Å². The fourth-order valence-electron chi connectivity index (χ4n) is 3.02. The molecule has 2 aliphatic rings. The average Bonchev–Trinajstić information content (AvgIpc) is 3.18. The topological polar surface area (TPSA) is 58.4 Å². The van der Waals surface area contributed by atoms with Gasteiger partial charge < -0.3 is 9.47 Å². The predicted octanol–water partition coefficient (Wildman–Crippen LogP) is 3.03. The number of epoxide rings is 1. The van der Waals surface area contributed by atoms with Crippen LogP contribution in [-0.4, -0.2) is 16.7 Å². The van der Waals surface area contributed by atoms with E-state index in [0.29, 0.717) is 5.69 Å². The van der Waals surface area contributed by atoms with Gasteiger partial charge in [-0.05, 0) is 44.5 Å². The molecular formula is C16H14N2O2. The molecular weight excluding hydrogens is 252 g/mol. The van der Waals surface area contributed by atoms with Crippen molar-refractivity contribution in [1.29, 1.82) is 5.26 Å². The fraction of sp³-hybridized carbons (Fsp3) is 0.375. The Kier molecular flexibility index (Phi) is 2.04. The van der Waals surface area contributed by atoms with Crippen LogP contribution in [0.25, 0.3) is 10.9 Å².